The summed E-state index contributed by atoms with van der Waals surface area (Å²) in [6, 6.07) is 18.5. The molecule has 2 aromatic carbocycles. The van der Waals surface area contributed by atoms with Crippen LogP contribution in [0.5, 0.6) is 0 Å². The summed E-state index contributed by atoms with van der Waals surface area (Å²) in [5.74, 6) is 1.71. The van der Waals surface area contributed by atoms with E-state index in [-0.39, 0.29) is 11.9 Å². The number of carbonyl (C=O) groups is 3. The fraction of sp³-hybridized carbons (Fsp3) is 0.361. The Balaban J connectivity index is 0.000000457. The SMILES string of the molecule is C=CC.CC.CC(=O)OC1(CCC(=O)Nc2ccc(-c3nc4ccc(C=O)cc4[nH]3)cc2)CCC(C)C1.CNc1ccccn1. The number of hydrogen-bond donors (Lipinski definition) is 3. The van der Waals surface area contributed by atoms with E-state index in [2.05, 4.69) is 39.1 Å². The van der Waals surface area contributed by atoms with Gasteiger partial charge in [-0.1, -0.05) is 32.9 Å². The molecule has 2 atom stereocenters. The zero-order valence-electron chi connectivity index (χ0n) is 27.4. The quantitative estimate of drug-likeness (QED) is 0.104. The van der Waals surface area contributed by atoms with Crippen molar-refractivity contribution in [2.45, 2.75) is 72.3 Å². The van der Waals surface area contributed by atoms with Crippen LogP contribution < -0.4 is 10.6 Å². The third-order valence-electron chi connectivity index (χ3n) is 6.99. The molecule has 2 unspecified atom stereocenters. The Kier molecular flexibility index (Phi) is 15.2. The zero-order valence-corrected chi connectivity index (χ0v) is 27.4. The highest BCUT2D eigenvalue weighted by molar-refractivity contribution is 5.91. The summed E-state index contributed by atoms with van der Waals surface area (Å²) in [6.45, 7) is 12.8. The first kappa shape index (κ1) is 36.4. The number of aromatic amines is 1. The van der Waals surface area contributed by atoms with E-state index in [0.29, 0.717) is 35.8 Å². The number of pyridine rings is 1. The molecular weight excluding hydrogens is 566 g/mol. The molecule has 0 radical (unpaired) electrons. The number of esters is 1. The second-order valence-electron chi connectivity index (χ2n) is 10.6. The van der Waals surface area contributed by atoms with Crippen LogP contribution in [0.2, 0.25) is 0 Å². The van der Waals surface area contributed by atoms with Crippen LogP contribution in [-0.2, 0) is 14.3 Å². The van der Waals surface area contributed by atoms with Crippen LogP contribution in [-0.4, -0.2) is 45.8 Å². The minimum absolute atomic E-state index is 0.103. The monoisotopic (exact) mass is 613 g/mol. The minimum Gasteiger partial charge on any atom is -0.459 e. The van der Waals surface area contributed by atoms with Gasteiger partial charge in [-0.15, -0.1) is 6.58 Å². The van der Waals surface area contributed by atoms with Crippen molar-refractivity contribution in [2.24, 2.45) is 5.92 Å². The highest BCUT2D eigenvalue weighted by Gasteiger charge is 2.40. The van der Waals surface area contributed by atoms with Crippen molar-refractivity contribution >= 4 is 40.7 Å². The summed E-state index contributed by atoms with van der Waals surface area (Å²) in [6.07, 6.45) is 7.76. The normalized spacial score (nSPS) is 16.4. The second-order valence-corrected chi connectivity index (χ2v) is 10.6. The first-order valence-corrected chi connectivity index (χ1v) is 15.4. The summed E-state index contributed by atoms with van der Waals surface area (Å²) in [5, 5.41) is 5.83. The predicted octanol–water partition coefficient (Wildman–Crippen LogP) is 8.22. The van der Waals surface area contributed by atoms with Gasteiger partial charge in [0.15, 0.2) is 0 Å². The topological polar surface area (TPSA) is 126 Å². The number of nitrogens with zero attached hydrogens (tertiary/aromatic N) is 2. The van der Waals surface area contributed by atoms with Crippen molar-refractivity contribution in [3.8, 4) is 11.4 Å². The third kappa shape index (κ3) is 11.7. The average Bonchev–Trinajstić information content (AvgIpc) is 3.65. The number of fused-ring (bicyclic) bond motifs is 1. The largest absolute Gasteiger partial charge is 0.459 e. The van der Waals surface area contributed by atoms with Gasteiger partial charge in [0.1, 0.15) is 23.5 Å². The van der Waals surface area contributed by atoms with Gasteiger partial charge in [0.25, 0.3) is 0 Å². The van der Waals surface area contributed by atoms with E-state index in [1.54, 1.807) is 30.5 Å². The molecule has 0 saturated heterocycles. The number of amides is 1. The van der Waals surface area contributed by atoms with Crippen LogP contribution in [0.25, 0.3) is 22.4 Å². The van der Waals surface area contributed by atoms with Crippen molar-refractivity contribution < 1.29 is 19.1 Å². The Bertz CT molecular complexity index is 1500. The van der Waals surface area contributed by atoms with E-state index >= 15 is 0 Å². The van der Waals surface area contributed by atoms with Crippen molar-refractivity contribution in [1.82, 2.24) is 15.0 Å². The average molecular weight is 614 g/mol. The van der Waals surface area contributed by atoms with Crippen LogP contribution in [0.15, 0.2) is 79.5 Å². The fourth-order valence-electron chi connectivity index (χ4n) is 5.05. The van der Waals surface area contributed by atoms with E-state index in [4.69, 9.17) is 4.74 Å². The molecule has 9 heteroatoms. The summed E-state index contributed by atoms with van der Waals surface area (Å²) < 4.78 is 5.63. The predicted molar refractivity (Wildman–Crippen MR) is 183 cm³/mol. The van der Waals surface area contributed by atoms with Gasteiger partial charge in [0.2, 0.25) is 5.91 Å². The molecule has 1 aliphatic carbocycles. The molecular formula is C36H47N5O4. The zero-order chi connectivity index (χ0) is 33.2. The summed E-state index contributed by atoms with van der Waals surface area (Å²) in [4.78, 5) is 46.8. The number of H-pyrrole nitrogens is 1. The first-order valence-electron chi connectivity index (χ1n) is 15.4. The highest BCUT2D eigenvalue weighted by atomic mass is 16.6. The first-order chi connectivity index (χ1) is 21.7. The van der Waals surface area contributed by atoms with Crippen LogP contribution >= 0.6 is 0 Å². The van der Waals surface area contributed by atoms with Gasteiger partial charge in [-0.2, -0.15) is 0 Å². The lowest BCUT2D eigenvalue weighted by Gasteiger charge is -2.28. The number of carbonyl (C=O) groups excluding carboxylic acids is 3. The molecule has 45 heavy (non-hydrogen) atoms. The lowest BCUT2D eigenvalue weighted by molar-refractivity contribution is -0.158. The minimum atomic E-state index is -0.516. The molecule has 0 aliphatic heterocycles. The van der Waals surface area contributed by atoms with Crippen molar-refractivity contribution in [1.29, 1.82) is 0 Å². The van der Waals surface area contributed by atoms with Gasteiger partial charge < -0.3 is 20.4 Å². The van der Waals surface area contributed by atoms with Crippen LogP contribution in [0.1, 0.15) is 77.1 Å². The maximum atomic E-state index is 12.5. The molecule has 4 aromatic rings. The Morgan fingerprint density at radius 1 is 1.13 bits per heavy atom. The van der Waals surface area contributed by atoms with Gasteiger partial charge in [0.05, 0.1) is 11.0 Å². The second kappa shape index (κ2) is 18.8. The van der Waals surface area contributed by atoms with E-state index in [1.807, 2.05) is 70.3 Å². The number of anilines is 2. The van der Waals surface area contributed by atoms with Crippen LogP contribution in [0.4, 0.5) is 11.5 Å². The smallest absolute Gasteiger partial charge is 0.303 e. The third-order valence-corrected chi connectivity index (χ3v) is 6.99. The molecule has 0 spiro atoms. The molecule has 2 heterocycles. The number of benzene rings is 2. The maximum Gasteiger partial charge on any atom is 0.303 e. The number of rotatable bonds is 8. The summed E-state index contributed by atoms with van der Waals surface area (Å²) in [5.41, 5.74) is 3.22. The van der Waals surface area contributed by atoms with Crippen molar-refractivity contribution in [3.63, 3.8) is 0 Å². The molecule has 1 amide bonds. The van der Waals surface area contributed by atoms with E-state index in [9.17, 15) is 14.4 Å². The Morgan fingerprint density at radius 3 is 2.38 bits per heavy atom. The number of nitrogens with one attached hydrogen (secondary N) is 3. The number of aldehydes is 1. The number of imidazole rings is 1. The number of hydrogen-bond acceptors (Lipinski definition) is 7. The maximum absolute atomic E-state index is 12.5. The van der Waals surface area contributed by atoms with E-state index < -0.39 is 5.60 Å². The van der Waals surface area contributed by atoms with Gasteiger partial charge in [-0.25, -0.2) is 9.97 Å². The number of allylic oxidation sites excluding steroid dienone is 1. The fourth-order valence-corrected chi connectivity index (χ4v) is 5.05. The van der Waals surface area contributed by atoms with Crippen molar-refractivity contribution in [2.75, 3.05) is 17.7 Å². The molecule has 3 N–H and O–H groups in total. The van der Waals surface area contributed by atoms with Gasteiger partial charge >= 0.3 is 5.97 Å². The number of ether oxygens (including phenoxy) is 1. The van der Waals surface area contributed by atoms with Gasteiger partial charge in [0, 0.05) is 43.4 Å². The lowest BCUT2D eigenvalue weighted by atomic mass is 9.94. The Morgan fingerprint density at radius 2 is 1.84 bits per heavy atom. The van der Waals surface area contributed by atoms with Gasteiger partial charge in [-0.05, 0) is 93.1 Å². The molecule has 2 aromatic heterocycles. The Hall–Kier alpha value is -4.79. The molecule has 1 saturated carbocycles. The molecule has 1 aliphatic rings. The molecule has 240 valence electrons. The van der Waals surface area contributed by atoms with E-state index in [0.717, 1.165) is 48.0 Å². The van der Waals surface area contributed by atoms with E-state index in [1.165, 1.54) is 6.92 Å². The highest BCUT2D eigenvalue weighted by Crippen LogP contribution is 2.40. The lowest BCUT2D eigenvalue weighted by Crippen LogP contribution is -2.33. The van der Waals surface area contributed by atoms with Crippen LogP contribution in [0.3, 0.4) is 0 Å². The Labute approximate surface area is 266 Å². The van der Waals surface area contributed by atoms with Crippen LogP contribution in [0, 0.1) is 5.92 Å². The number of aromatic nitrogens is 3. The van der Waals surface area contributed by atoms with Gasteiger partial charge in [-0.3, -0.25) is 14.4 Å². The molecule has 1 fully saturated rings. The summed E-state index contributed by atoms with van der Waals surface area (Å²) in [7, 11) is 1.85. The standard InChI is InChI=1S/C25H27N3O4.C6H8N2.C3H6.C2H6/c1-16-9-11-25(14-16,32-17(2)30)12-10-23(31)26-20-6-4-19(5-7-20)24-27-21-8-3-18(15-29)13-22(21)28-24;1-7-6-4-2-3-5-8-6;1-3-2;1-2/h3-8,13,15-16H,9-12,14H2,1-2H3,(H,26,31)(H,27,28);2-5H,1H3,(H,7,8);3H,1H2,2H3;1-2H3. The molecule has 0 bridgehead atoms. The molecule has 9 nitrogen and oxygen atoms in total. The summed E-state index contributed by atoms with van der Waals surface area (Å²) >= 11 is 0. The molecule has 5 rings (SSSR count). The van der Waals surface area contributed by atoms with Crippen molar-refractivity contribution in [3.05, 3.63) is 85.1 Å².